The summed E-state index contributed by atoms with van der Waals surface area (Å²) in [5, 5.41) is 1.19. The fourth-order valence-corrected chi connectivity index (χ4v) is 3.19. The molecule has 0 bridgehead atoms. The first-order valence-corrected chi connectivity index (χ1v) is 7.10. The van der Waals surface area contributed by atoms with Gasteiger partial charge in [-0.25, -0.2) is 0 Å². The van der Waals surface area contributed by atoms with E-state index in [1.165, 1.54) is 17.8 Å². The van der Waals surface area contributed by atoms with Crippen LogP contribution in [0.25, 0.3) is 0 Å². The van der Waals surface area contributed by atoms with Crippen LogP contribution in [0.1, 0.15) is 5.69 Å². The molecule has 0 saturated carbocycles. The maximum atomic E-state index is 11.3. The van der Waals surface area contributed by atoms with Gasteiger partial charge in [-0.05, 0) is 24.4 Å². The Morgan fingerprint density at radius 1 is 1.22 bits per heavy atom. The Labute approximate surface area is 123 Å². The Morgan fingerprint density at radius 2 is 1.89 bits per heavy atom. The molecule has 0 saturated heterocycles. The van der Waals surface area contributed by atoms with Gasteiger partial charge >= 0.3 is 0 Å². The largest absolute Gasteiger partial charge is 0.335 e. The van der Waals surface area contributed by atoms with Crippen LogP contribution in [-0.4, -0.2) is 9.97 Å². The monoisotopic (exact) mass is 318 g/mol. The van der Waals surface area contributed by atoms with Crippen molar-refractivity contribution in [3.63, 3.8) is 0 Å². The number of hydrogen-bond donors (Lipinski definition) is 2. The molecule has 94 valence electrons. The Bertz CT molecular complexity index is 633. The molecule has 18 heavy (non-hydrogen) atoms. The summed E-state index contributed by atoms with van der Waals surface area (Å²) < 4.78 is 0.309. The average molecular weight is 319 g/mol. The number of aromatic amines is 2. The van der Waals surface area contributed by atoms with Gasteiger partial charge in [0.15, 0.2) is 4.77 Å². The molecule has 0 aliphatic heterocycles. The minimum absolute atomic E-state index is 0.223. The van der Waals surface area contributed by atoms with Crippen molar-refractivity contribution >= 4 is 47.2 Å². The number of benzene rings is 1. The molecule has 0 aliphatic carbocycles. The molecule has 3 nitrogen and oxygen atoms in total. The van der Waals surface area contributed by atoms with Crippen LogP contribution in [0.2, 0.25) is 10.0 Å². The molecule has 7 heteroatoms. The van der Waals surface area contributed by atoms with Crippen molar-refractivity contribution in [3.05, 3.63) is 55.1 Å². The van der Waals surface area contributed by atoms with Crippen molar-refractivity contribution in [2.24, 2.45) is 0 Å². The number of H-pyrrole nitrogens is 2. The zero-order valence-corrected chi connectivity index (χ0v) is 12.1. The lowest BCUT2D eigenvalue weighted by Gasteiger charge is -2.06. The Hall–Kier alpha value is -0.750. The molecule has 0 atom stereocenters. The number of rotatable bonds is 3. The first-order valence-electron chi connectivity index (χ1n) is 4.95. The highest BCUT2D eigenvalue weighted by atomic mass is 35.5. The molecule has 0 aliphatic rings. The van der Waals surface area contributed by atoms with E-state index in [9.17, 15) is 4.79 Å². The van der Waals surface area contributed by atoms with Gasteiger partial charge < -0.3 is 4.98 Å². The van der Waals surface area contributed by atoms with E-state index in [-0.39, 0.29) is 5.56 Å². The topological polar surface area (TPSA) is 48.6 Å². The van der Waals surface area contributed by atoms with E-state index in [1.54, 1.807) is 18.2 Å². The quantitative estimate of drug-likeness (QED) is 0.663. The number of thioether (sulfide) groups is 1. The van der Waals surface area contributed by atoms with Crippen LogP contribution in [0.15, 0.2) is 34.0 Å². The minimum atomic E-state index is -0.223. The van der Waals surface area contributed by atoms with E-state index in [0.29, 0.717) is 20.6 Å². The maximum Gasteiger partial charge on any atom is 0.251 e. The van der Waals surface area contributed by atoms with Crippen molar-refractivity contribution in [1.82, 2.24) is 9.97 Å². The number of hydrogen-bond acceptors (Lipinski definition) is 3. The van der Waals surface area contributed by atoms with Crippen LogP contribution in [0, 0.1) is 4.77 Å². The predicted octanol–water partition coefficient (Wildman–Crippen LogP) is 4.03. The van der Waals surface area contributed by atoms with Crippen molar-refractivity contribution < 1.29 is 0 Å². The molecule has 2 rings (SSSR count). The predicted molar refractivity (Wildman–Crippen MR) is 78.3 cm³/mol. The second-order valence-corrected chi connectivity index (χ2v) is 5.66. The first kappa shape index (κ1) is 13.7. The summed E-state index contributed by atoms with van der Waals surface area (Å²) in [4.78, 5) is 17.4. The van der Waals surface area contributed by atoms with E-state index >= 15 is 0 Å². The number of nitrogens with one attached hydrogen (secondary N) is 2. The average Bonchev–Trinajstić information content (AvgIpc) is 2.27. The molecule has 0 spiro atoms. The van der Waals surface area contributed by atoms with E-state index in [2.05, 4.69) is 9.97 Å². The Balaban J connectivity index is 2.21. The zero-order chi connectivity index (χ0) is 13.1. The van der Waals surface area contributed by atoms with Crippen molar-refractivity contribution in [3.8, 4) is 0 Å². The van der Waals surface area contributed by atoms with Crippen molar-refractivity contribution in [1.29, 1.82) is 0 Å². The second kappa shape index (κ2) is 5.93. The normalized spacial score (nSPS) is 10.6. The highest BCUT2D eigenvalue weighted by molar-refractivity contribution is 7.98. The fraction of sp³-hybridized carbons (Fsp3) is 0.0909. The summed E-state index contributed by atoms with van der Waals surface area (Å²) in [6.07, 6.45) is 0. The molecule has 2 N–H and O–H groups in total. The lowest BCUT2D eigenvalue weighted by atomic mass is 10.4. The van der Waals surface area contributed by atoms with Gasteiger partial charge in [0.1, 0.15) is 0 Å². The van der Waals surface area contributed by atoms with Crippen molar-refractivity contribution in [2.45, 2.75) is 10.6 Å². The highest BCUT2D eigenvalue weighted by Gasteiger charge is 2.06. The first-order chi connectivity index (χ1) is 8.56. The van der Waals surface area contributed by atoms with Gasteiger partial charge in [-0.2, -0.15) is 0 Å². The molecule has 2 aromatic rings. The van der Waals surface area contributed by atoms with E-state index in [0.717, 1.165) is 10.6 Å². The smallest absolute Gasteiger partial charge is 0.251 e. The molecular weight excluding hydrogens is 311 g/mol. The fourth-order valence-electron chi connectivity index (χ4n) is 1.37. The molecule has 0 fully saturated rings. The third-order valence-electron chi connectivity index (χ3n) is 2.11. The summed E-state index contributed by atoms with van der Waals surface area (Å²) in [6.45, 7) is 0. The van der Waals surface area contributed by atoms with E-state index < -0.39 is 0 Å². The second-order valence-electron chi connectivity index (χ2n) is 3.45. The van der Waals surface area contributed by atoms with Crippen LogP contribution in [0.4, 0.5) is 0 Å². The van der Waals surface area contributed by atoms with Gasteiger partial charge in [0.2, 0.25) is 0 Å². The maximum absolute atomic E-state index is 11.3. The lowest BCUT2D eigenvalue weighted by Crippen LogP contribution is -2.07. The third kappa shape index (κ3) is 3.38. The van der Waals surface area contributed by atoms with Gasteiger partial charge in [-0.3, -0.25) is 9.78 Å². The number of halogens is 2. The molecule has 1 aromatic heterocycles. The minimum Gasteiger partial charge on any atom is -0.335 e. The van der Waals surface area contributed by atoms with Crippen LogP contribution < -0.4 is 5.56 Å². The van der Waals surface area contributed by atoms with Crippen LogP contribution >= 0.6 is 47.2 Å². The Morgan fingerprint density at radius 3 is 2.50 bits per heavy atom. The van der Waals surface area contributed by atoms with Gasteiger partial charge in [0.25, 0.3) is 5.56 Å². The highest BCUT2D eigenvalue weighted by Crippen LogP contribution is 2.35. The van der Waals surface area contributed by atoms with Gasteiger partial charge in [0.05, 0.1) is 10.0 Å². The summed E-state index contributed by atoms with van der Waals surface area (Å²) in [6, 6.07) is 6.80. The third-order valence-corrected chi connectivity index (χ3v) is 4.35. The Kier molecular flexibility index (Phi) is 4.50. The van der Waals surface area contributed by atoms with Crippen LogP contribution in [0.5, 0.6) is 0 Å². The summed E-state index contributed by atoms with van der Waals surface area (Å²) in [7, 11) is 0. The lowest BCUT2D eigenvalue weighted by molar-refractivity contribution is 1.03. The summed E-state index contributed by atoms with van der Waals surface area (Å²) in [5.41, 5.74) is 0.504. The summed E-state index contributed by atoms with van der Waals surface area (Å²) >= 11 is 18.5. The van der Waals surface area contributed by atoms with Gasteiger partial charge in [-0.15, -0.1) is 11.8 Å². The standard InChI is InChI=1S/C11H8Cl2N2OS2/c12-7-2-1-3-8(13)10(7)18-5-6-4-9(16)15-11(17)14-6/h1-4H,5H2,(H2,14,15,16,17). The molecule has 1 aromatic carbocycles. The van der Waals surface area contributed by atoms with E-state index in [4.69, 9.17) is 35.4 Å². The van der Waals surface area contributed by atoms with Gasteiger partial charge in [0, 0.05) is 22.4 Å². The van der Waals surface area contributed by atoms with Gasteiger partial charge in [-0.1, -0.05) is 29.3 Å². The molecule has 0 radical (unpaired) electrons. The zero-order valence-electron chi connectivity index (χ0n) is 9.00. The molecule has 0 amide bonds. The van der Waals surface area contributed by atoms with Crippen LogP contribution in [0.3, 0.4) is 0 Å². The van der Waals surface area contributed by atoms with Crippen molar-refractivity contribution in [2.75, 3.05) is 0 Å². The van der Waals surface area contributed by atoms with E-state index in [1.807, 2.05) is 0 Å². The molecule has 0 unspecified atom stereocenters. The number of aromatic nitrogens is 2. The molecule has 1 heterocycles. The van der Waals surface area contributed by atoms with Crippen LogP contribution in [-0.2, 0) is 5.75 Å². The SMILES string of the molecule is O=c1cc(CSc2c(Cl)cccc2Cl)[nH]c(=S)[nH]1. The molecular formula is C11H8Cl2N2OS2. The summed E-state index contributed by atoms with van der Waals surface area (Å²) in [5.74, 6) is 0.539.